The molecule has 3 rings (SSSR count). The van der Waals surface area contributed by atoms with Crippen LogP contribution >= 0.6 is 0 Å². The van der Waals surface area contributed by atoms with Crippen molar-refractivity contribution in [3.05, 3.63) is 35.4 Å². The van der Waals surface area contributed by atoms with E-state index in [1.807, 2.05) is 0 Å². The van der Waals surface area contributed by atoms with Gasteiger partial charge in [-0.1, -0.05) is 50.5 Å². The summed E-state index contributed by atoms with van der Waals surface area (Å²) < 4.78 is 0. The molecule has 1 N–H and O–H groups in total. The van der Waals surface area contributed by atoms with Gasteiger partial charge in [0.1, 0.15) is 0 Å². The number of hydrogen-bond donors (Lipinski definition) is 1. The van der Waals surface area contributed by atoms with Crippen molar-refractivity contribution in [2.45, 2.75) is 64.1 Å². The number of nitrogens with one attached hydrogen (secondary N) is 1. The molecule has 0 amide bonds. The molecule has 0 aromatic heterocycles. The van der Waals surface area contributed by atoms with Crippen LogP contribution in [0.4, 0.5) is 0 Å². The highest BCUT2D eigenvalue weighted by Crippen LogP contribution is 2.24. The first-order valence-electron chi connectivity index (χ1n) is 8.41. The Hall–Kier alpha value is -0.860. The molecule has 1 aromatic carbocycles. The third kappa shape index (κ3) is 3.24. The normalized spacial score (nSPS) is 23.8. The number of likely N-dealkylation sites (N-methyl/N-ethyl adjacent to an activating group) is 1. The van der Waals surface area contributed by atoms with E-state index in [0.717, 1.165) is 12.6 Å². The molecule has 2 aliphatic rings. The lowest BCUT2D eigenvalue weighted by Gasteiger charge is -2.37. The second-order valence-electron chi connectivity index (χ2n) is 6.43. The summed E-state index contributed by atoms with van der Waals surface area (Å²) in [5.41, 5.74) is 3.04. The molecule has 0 saturated heterocycles. The van der Waals surface area contributed by atoms with Crippen LogP contribution in [0.5, 0.6) is 0 Å². The van der Waals surface area contributed by atoms with Gasteiger partial charge in [0.2, 0.25) is 0 Å². The van der Waals surface area contributed by atoms with Crippen molar-refractivity contribution >= 4 is 0 Å². The lowest BCUT2D eigenvalue weighted by atomic mass is 9.92. The van der Waals surface area contributed by atoms with E-state index in [-0.39, 0.29) is 0 Å². The zero-order valence-corrected chi connectivity index (χ0v) is 12.8. The highest BCUT2D eigenvalue weighted by atomic mass is 15.2. The van der Waals surface area contributed by atoms with Crippen LogP contribution in [0.3, 0.4) is 0 Å². The quantitative estimate of drug-likeness (QED) is 0.904. The zero-order valence-electron chi connectivity index (χ0n) is 12.8. The number of fused-ring (bicyclic) bond motifs is 1. The van der Waals surface area contributed by atoms with Crippen molar-refractivity contribution in [1.29, 1.82) is 0 Å². The van der Waals surface area contributed by atoms with Crippen molar-refractivity contribution in [1.82, 2.24) is 10.2 Å². The Morgan fingerprint density at radius 1 is 1.10 bits per heavy atom. The van der Waals surface area contributed by atoms with Gasteiger partial charge < -0.3 is 5.32 Å². The summed E-state index contributed by atoms with van der Waals surface area (Å²) in [7, 11) is 0. The van der Waals surface area contributed by atoms with E-state index < -0.39 is 0 Å². The molecule has 1 aromatic rings. The Kier molecular flexibility index (Phi) is 4.74. The fourth-order valence-electron chi connectivity index (χ4n) is 3.92. The number of benzene rings is 1. The standard InChI is InChI=1S/C18H28N2/c1-2-20(18-10-4-3-5-11-18)14-17-12-15-8-6-7-9-16(15)13-19-17/h6-9,17-19H,2-5,10-14H2,1H3. The van der Waals surface area contributed by atoms with Gasteiger partial charge in [0.15, 0.2) is 0 Å². The largest absolute Gasteiger partial charge is 0.308 e. The van der Waals surface area contributed by atoms with Crippen molar-refractivity contribution in [3.8, 4) is 0 Å². The summed E-state index contributed by atoms with van der Waals surface area (Å²) in [5.74, 6) is 0. The molecule has 1 aliphatic heterocycles. The molecular formula is C18H28N2. The minimum absolute atomic E-state index is 0.631. The van der Waals surface area contributed by atoms with Crippen LogP contribution in [-0.4, -0.2) is 30.1 Å². The van der Waals surface area contributed by atoms with E-state index in [0.29, 0.717) is 6.04 Å². The first-order chi connectivity index (χ1) is 9.86. The molecule has 1 saturated carbocycles. The molecule has 1 aliphatic carbocycles. The van der Waals surface area contributed by atoms with Crippen LogP contribution in [0, 0.1) is 0 Å². The molecule has 0 spiro atoms. The van der Waals surface area contributed by atoms with Crippen LogP contribution in [0.1, 0.15) is 50.2 Å². The summed E-state index contributed by atoms with van der Waals surface area (Å²) in [6.07, 6.45) is 8.33. The summed E-state index contributed by atoms with van der Waals surface area (Å²) in [6.45, 7) is 5.79. The molecule has 1 fully saturated rings. The maximum absolute atomic E-state index is 3.74. The van der Waals surface area contributed by atoms with Gasteiger partial charge in [0.25, 0.3) is 0 Å². The second-order valence-corrected chi connectivity index (χ2v) is 6.43. The Balaban J connectivity index is 1.60. The molecule has 1 unspecified atom stereocenters. The molecule has 0 radical (unpaired) electrons. The Morgan fingerprint density at radius 2 is 1.85 bits per heavy atom. The van der Waals surface area contributed by atoms with Crippen molar-refractivity contribution in [2.75, 3.05) is 13.1 Å². The van der Waals surface area contributed by atoms with Crippen LogP contribution in [-0.2, 0) is 13.0 Å². The predicted octanol–water partition coefficient (Wildman–Crippen LogP) is 3.36. The Bertz CT molecular complexity index is 423. The van der Waals surface area contributed by atoms with E-state index in [2.05, 4.69) is 41.4 Å². The predicted molar refractivity (Wildman–Crippen MR) is 84.9 cm³/mol. The molecular weight excluding hydrogens is 244 g/mol. The van der Waals surface area contributed by atoms with Gasteiger partial charge in [-0.05, 0) is 36.9 Å². The lowest BCUT2D eigenvalue weighted by Crippen LogP contribution is -2.48. The number of hydrogen-bond acceptors (Lipinski definition) is 2. The number of nitrogens with zero attached hydrogens (tertiary/aromatic N) is 1. The lowest BCUT2D eigenvalue weighted by molar-refractivity contribution is 0.145. The molecule has 20 heavy (non-hydrogen) atoms. The van der Waals surface area contributed by atoms with E-state index in [1.165, 1.54) is 57.2 Å². The third-order valence-electron chi connectivity index (χ3n) is 5.12. The van der Waals surface area contributed by atoms with Gasteiger partial charge in [-0.3, -0.25) is 4.90 Å². The highest BCUT2D eigenvalue weighted by Gasteiger charge is 2.24. The molecule has 1 heterocycles. The van der Waals surface area contributed by atoms with Crippen LogP contribution in [0.15, 0.2) is 24.3 Å². The van der Waals surface area contributed by atoms with E-state index >= 15 is 0 Å². The SMILES string of the molecule is CCN(CC1Cc2ccccc2CN1)C1CCCCC1. The van der Waals surface area contributed by atoms with Crippen molar-refractivity contribution < 1.29 is 0 Å². The topological polar surface area (TPSA) is 15.3 Å². The van der Waals surface area contributed by atoms with Gasteiger partial charge in [-0.2, -0.15) is 0 Å². The Labute approximate surface area is 123 Å². The van der Waals surface area contributed by atoms with E-state index in [9.17, 15) is 0 Å². The Morgan fingerprint density at radius 3 is 2.60 bits per heavy atom. The fraction of sp³-hybridized carbons (Fsp3) is 0.667. The summed E-state index contributed by atoms with van der Waals surface area (Å²) in [6, 6.07) is 10.4. The maximum Gasteiger partial charge on any atom is 0.0238 e. The molecule has 110 valence electrons. The van der Waals surface area contributed by atoms with Gasteiger partial charge in [-0.15, -0.1) is 0 Å². The smallest absolute Gasteiger partial charge is 0.0238 e. The van der Waals surface area contributed by atoms with E-state index in [1.54, 1.807) is 5.56 Å². The van der Waals surface area contributed by atoms with Crippen molar-refractivity contribution in [2.24, 2.45) is 0 Å². The van der Waals surface area contributed by atoms with Crippen LogP contribution in [0.2, 0.25) is 0 Å². The number of rotatable bonds is 4. The van der Waals surface area contributed by atoms with E-state index in [4.69, 9.17) is 0 Å². The third-order valence-corrected chi connectivity index (χ3v) is 5.12. The van der Waals surface area contributed by atoms with Gasteiger partial charge in [0.05, 0.1) is 0 Å². The minimum atomic E-state index is 0.631. The summed E-state index contributed by atoms with van der Waals surface area (Å²) in [5, 5.41) is 3.74. The minimum Gasteiger partial charge on any atom is -0.308 e. The van der Waals surface area contributed by atoms with Gasteiger partial charge in [-0.25, -0.2) is 0 Å². The highest BCUT2D eigenvalue weighted by molar-refractivity contribution is 5.29. The van der Waals surface area contributed by atoms with Gasteiger partial charge >= 0.3 is 0 Å². The molecule has 2 nitrogen and oxygen atoms in total. The van der Waals surface area contributed by atoms with Gasteiger partial charge in [0, 0.05) is 25.2 Å². The van der Waals surface area contributed by atoms with Crippen molar-refractivity contribution in [3.63, 3.8) is 0 Å². The first-order valence-corrected chi connectivity index (χ1v) is 8.41. The summed E-state index contributed by atoms with van der Waals surface area (Å²) in [4.78, 5) is 2.73. The maximum atomic E-state index is 3.74. The average molecular weight is 272 g/mol. The monoisotopic (exact) mass is 272 g/mol. The zero-order chi connectivity index (χ0) is 13.8. The molecule has 0 bridgehead atoms. The fourth-order valence-corrected chi connectivity index (χ4v) is 3.92. The molecule has 1 atom stereocenters. The summed E-state index contributed by atoms with van der Waals surface area (Å²) >= 11 is 0. The van der Waals surface area contributed by atoms with Crippen LogP contribution in [0.25, 0.3) is 0 Å². The van der Waals surface area contributed by atoms with Crippen LogP contribution < -0.4 is 5.32 Å². The molecule has 2 heteroatoms. The first kappa shape index (κ1) is 14.1. The second kappa shape index (κ2) is 6.73. The average Bonchev–Trinajstić information content (AvgIpc) is 2.53.